The van der Waals surface area contributed by atoms with Gasteiger partial charge in [0, 0.05) is 0 Å². The summed E-state index contributed by atoms with van der Waals surface area (Å²) in [5.74, 6) is -0.637. The maximum atomic E-state index is 9.76. The molecule has 5 nitrogen and oxygen atoms in total. The summed E-state index contributed by atoms with van der Waals surface area (Å²) in [6.07, 6.45) is 1.11. The van der Waals surface area contributed by atoms with E-state index in [9.17, 15) is 17.8 Å². The summed E-state index contributed by atoms with van der Waals surface area (Å²) >= 11 is 0. The third-order valence-electron chi connectivity index (χ3n) is 0.518. The minimum atomic E-state index is -4.22. The molecule has 0 spiro atoms. The van der Waals surface area contributed by atoms with E-state index in [0.29, 0.717) is 0 Å². The normalized spacial score (nSPS) is 9.30. The number of hydrogen-bond donors (Lipinski definition) is 0. The van der Waals surface area contributed by atoms with Crippen molar-refractivity contribution in [3.05, 3.63) is 0 Å². The summed E-state index contributed by atoms with van der Waals surface area (Å²) in [6, 6.07) is 0. The fourth-order valence-corrected chi connectivity index (χ4v) is 0.518. The van der Waals surface area contributed by atoms with Crippen LogP contribution in [0.5, 0.6) is 0 Å². The molecular weight excluding hydrogens is 169 g/mol. The van der Waals surface area contributed by atoms with Crippen LogP contribution in [0, 0.1) is 0 Å². The molecule has 0 aliphatic carbocycles. The van der Waals surface area contributed by atoms with Gasteiger partial charge in [-0.1, -0.05) is 0 Å². The molecule has 0 aromatic carbocycles. The molecule has 0 aliphatic heterocycles. The average Bonchev–Trinajstić information content (AvgIpc) is 1.63. The summed E-state index contributed by atoms with van der Waals surface area (Å²) in [7, 11) is -4.22. The van der Waals surface area contributed by atoms with Crippen LogP contribution in [0.1, 0.15) is 0 Å². The van der Waals surface area contributed by atoms with Crippen LogP contribution in [0.4, 0.5) is 0 Å². The summed E-state index contributed by atoms with van der Waals surface area (Å²) < 4.78 is 29.3. The quantitative estimate of drug-likeness (QED) is 0.188. The van der Waals surface area contributed by atoms with E-state index in [-0.39, 0.29) is 36.1 Å². The zero-order valence-corrected chi connectivity index (χ0v) is 8.22. The van der Waals surface area contributed by atoms with E-state index in [1.54, 1.807) is 0 Å². The number of rotatable bonds is 3. The van der Waals surface area contributed by atoms with Crippen molar-refractivity contribution in [2.75, 3.05) is 12.3 Å². The summed E-state index contributed by atoms with van der Waals surface area (Å²) in [5, 5.41) is 0. The van der Waals surface area contributed by atoms with Gasteiger partial charge >= 0.3 is 29.6 Å². The van der Waals surface area contributed by atoms with Gasteiger partial charge < -0.3 is 4.55 Å². The van der Waals surface area contributed by atoms with Crippen molar-refractivity contribution in [2.24, 2.45) is 4.99 Å². The van der Waals surface area contributed by atoms with Crippen LogP contribution in [-0.2, 0) is 14.9 Å². The minimum absolute atomic E-state index is 0. The van der Waals surface area contributed by atoms with E-state index in [2.05, 4.69) is 4.99 Å². The molecule has 0 heterocycles. The minimum Gasteiger partial charge on any atom is -0.748 e. The summed E-state index contributed by atoms with van der Waals surface area (Å²) in [4.78, 5) is 12.2. The smallest absolute Gasteiger partial charge is 0.748 e. The molecule has 0 radical (unpaired) electrons. The molecule has 0 aromatic heterocycles. The zero-order chi connectivity index (χ0) is 7.33. The van der Waals surface area contributed by atoms with Crippen molar-refractivity contribution in [3.8, 4) is 0 Å². The summed E-state index contributed by atoms with van der Waals surface area (Å²) in [6.45, 7) is -0.296. The first-order chi connectivity index (χ1) is 4.06. The molecule has 0 bridgehead atoms. The second-order valence-electron chi connectivity index (χ2n) is 1.23. The molecule has 0 unspecified atom stereocenters. The summed E-state index contributed by atoms with van der Waals surface area (Å²) in [5.41, 5.74) is 0. The maximum Gasteiger partial charge on any atom is 1.00 e. The molecule has 0 saturated heterocycles. The molecule has 0 atom stereocenters. The Bertz CT molecular complexity index is 217. The van der Waals surface area contributed by atoms with Gasteiger partial charge in [-0.3, -0.25) is 0 Å². The molecule has 7 heteroatoms. The Morgan fingerprint density at radius 2 is 2.00 bits per heavy atom. The van der Waals surface area contributed by atoms with Crippen molar-refractivity contribution in [1.29, 1.82) is 0 Å². The number of aliphatic imine (C=N–C) groups is 1. The van der Waals surface area contributed by atoms with Gasteiger partial charge in [-0.15, -0.1) is 0 Å². The first kappa shape index (κ1) is 12.9. The van der Waals surface area contributed by atoms with E-state index in [1.165, 1.54) is 0 Å². The van der Waals surface area contributed by atoms with Crippen LogP contribution < -0.4 is 29.6 Å². The fraction of sp³-hybridized carbons (Fsp3) is 0.667. The Morgan fingerprint density at radius 1 is 1.50 bits per heavy atom. The molecule has 0 amide bonds. The van der Waals surface area contributed by atoms with E-state index in [1.807, 2.05) is 0 Å². The van der Waals surface area contributed by atoms with Gasteiger partial charge in [-0.2, -0.15) is 0 Å². The van der Waals surface area contributed by atoms with E-state index in [0.717, 1.165) is 6.08 Å². The molecule has 0 saturated carbocycles. The van der Waals surface area contributed by atoms with Crippen LogP contribution in [0.3, 0.4) is 0 Å². The Morgan fingerprint density at radius 3 is 2.30 bits per heavy atom. The predicted octanol–water partition coefficient (Wildman–Crippen LogP) is -4.13. The maximum absolute atomic E-state index is 9.76. The molecule has 10 heavy (non-hydrogen) atoms. The number of hydrogen-bond acceptors (Lipinski definition) is 5. The monoisotopic (exact) mass is 173 g/mol. The number of carbonyl (C=O) groups excluding carboxylic acids is 1. The largest absolute Gasteiger partial charge is 1.00 e. The first-order valence-corrected chi connectivity index (χ1v) is 3.61. The second-order valence-corrected chi connectivity index (χ2v) is 2.76. The molecule has 0 fully saturated rings. The van der Waals surface area contributed by atoms with Gasteiger partial charge in [-0.05, 0) is 0 Å². The topological polar surface area (TPSA) is 86.6 Å². The van der Waals surface area contributed by atoms with Crippen LogP contribution in [0.2, 0.25) is 0 Å². The zero-order valence-electron chi connectivity index (χ0n) is 5.40. The van der Waals surface area contributed by atoms with Gasteiger partial charge in [0.25, 0.3) is 0 Å². The van der Waals surface area contributed by atoms with Crippen molar-refractivity contribution in [2.45, 2.75) is 0 Å². The standard InChI is InChI=1S/C3H5NO4S.Na/c5-3-4-1-2-9(6,7)8;/h1-2H2,(H,6,7,8);/q;+1/p-1. The van der Waals surface area contributed by atoms with Gasteiger partial charge in [0.2, 0.25) is 6.08 Å². The Hall–Kier alpha value is 0.290. The Kier molecular flexibility index (Phi) is 7.79. The van der Waals surface area contributed by atoms with E-state index < -0.39 is 15.9 Å². The van der Waals surface area contributed by atoms with Crippen LogP contribution in [0.25, 0.3) is 0 Å². The van der Waals surface area contributed by atoms with Gasteiger partial charge in [0.05, 0.1) is 22.4 Å². The van der Waals surface area contributed by atoms with Crippen molar-refractivity contribution in [3.63, 3.8) is 0 Å². The van der Waals surface area contributed by atoms with E-state index >= 15 is 0 Å². The molecule has 0 rings (SSSR count). The molecular formula is C3H4NNaO4S. The fourth-order valence-electron chi connectivity index (χ4n) is 0.203. The Labute approximate surface area is 80.6 Å². The SMILES string of the molecule is O=C=NCCS(=O)(=O)[O-].[Na+]. The number of nitrogens with zero attached hydrogens (tertiary/aromatic N) is 1. The average molecular weight is 173 g/mol. The van der Waals surface area contributed by atoms with Gasteiger partial charge in [-0.25, -0.2) is 18.2 Å². The third kappa shape index (κ3) is 11.1. The molecule has 0 aliphatic rings. The van der Waals surface area contributed by atoms with Crippen LogP contribution in [-0.4, -0.2) is 31.3 Å². The van der Waals surface area contributed by atoms with Crippen LogP contribution in [0.15, 0.2) is 4.99 Å². The van der Waals surface area contributed by atoms with E-state index in [4.69, 9.17) is 0 Å². The van der Waals surface area contributed by atoms with Gasteiger partial charge in [0.15, 0.2) is 0 Å². The van der Waals surface area contributed by atoms with Crippen molar-refractivity contribution >= 4 is 16.2 Å². The van der Waals surface area contributed by atoms with Crippen molar-refractivity contribution < 1.29 is 47.3 Å². The van der Waals surface area contributed by atoms with Gasteiger partial charge in [0.1, 0.15) is 0 Å². The third-order valence-corrected chi connectivity index (χ3v) is 1.20. The predicted molar refractivity (Wildman–Crippen MR) is 27.6 cm³/mol. The second kappa shape index (κ2) is 6.03. The van der Waals surface area contributed by atoms with Crippen molar-refractivity contribution in [1.82, 2.24) is 0 Å². The van der Waals surface area contributed by atoms with Crippen LogP contribution >= 0.6 is 0 Å². The number of isocyanates is 1. The Balaban J connectivity index is 0. The first-order valence-electron chi connectivity index (χ1n) is 2.03. The molecule has 0 aromatic rings. The molecule has 52 valence electrons. The molecule has 0 N–H and O–H groups in total.